The summed E-state index contributed by atoms with van der Waals surface area (Å²) < 4.78 is 30.3. The Morgan fingerprint density at radius 2 is 1.59 bits per heavy atom. The number of carbonyl (C=O) groups is 3. The lowest BCUT2D eigenvalue weighted by molar-refractivity contribution is -0.384. The normalized spacial score (nSPS) is 20.2. The summed E-state index contributed by atoms with van der Waals surface area (Å²) in [6.45, 7) is 18.8. The molecule has 2 fully saturated rings. The van der Waals surface area contributed by atoms with Gasteiger partial charge in [-0.15, -0.1) is 0 Å². The first-order valence-corrected chi connectivity index (χ1v) is 18.9. The number of benzene rings is 1. The SMILES string of the molecule is C[C@H](Oc1cc(N(C(=O)OC(C)(C)C)c2cc([C@H]3CC[C@@H](OC(=O)Oc4ccc([N+](=O)[O-])cc4)C3)nn2C(C)(C)C)ccn1)C1CC(NC(=O)OC(C)(C)C)C1. The molecule has 0 spiro atoms. The van der Waals surface area contributed by atoms with E-state index >= 15 is 0 Å². The van der Waals surface area contributed by atoms with Gasteiger partial charge in [0, 0.05) is 42.4 Å². The largest absolute Gasteiger partial charge is 0.514 e. The summed E-state index contributed by atoms with van der Waals surface area (Å²) in [7, 11) is 0. The molecule has 5 rings (SSSR count). The van der Waals surface area contributed by atoms with Gasteiger partial charge in [0.25, 0.3) is 5.69 Å². The van der Waals surface area contributed by atoms with E-state index < -0.39 is 46.1 Å². The molecular weight excluding hydrogens is 724 g/mol. The fraction of sp³-hybridized carbons (Fsp3) is 0.575. The van der Waals surface area contributed by atoms with Crippen LogP contribution in [0.3, 0.4) is 0 Å². The number of amides is 2. The standard InChI is InChI=1S/C40H54N6O10/c1-24(26-19-27(20-26)42-35(47)55-39(5,6)7)52-33-22-29(17-18-41-33)44(36(48)56-40(8,9)10)34-23-32(43-45(34)38(2,3)4)25-11-14-31(21-25)54-37(49)53-30-15-12-28(13-16-30)46(50)51/h12-13,15-18,22-27,31H,11,14,19-21H2,1-10H3,(H,42,47)/t24-,25-,26?,27?,31+/m0/s1. The van der Waals surface area contributed by atoms with Crippen molar-refractivity contribution >= 4 is 35.5 Å². The van der Waals surface area contributed by atoms with Gasteiger partial charge in [0.1, 0.15) is 35.0 Å². The van der Waals surface area contributed by atoms with Gasteiger partial charge in [0.2, 0.25) is 5.88 Å². The molecule has 0 unspecified atom stereocenters. The van der Waals surface area contributed by atoms with Gasteiger partial charge >= 0.3 is 18.3 Å². The molecule has 16 heteroatoms. The van der Waals surface area contributed by atoms with Crippen molar-refractivity contribution in [2.45, 2.75) is 142 Å². The van der Waals surface area contributed by atoms with Crippen molar-refractivity contribution in [1.29, 1.82) is 0 Å². The molecule has 2 saturated carbocycles. The highest BCUT2D eigenvalue weighted by Crippen LogP contribution is 2.41. The zero-order chi connectivity index (χ0) is 41.2. The second-order valence-corrected chi connectivity index (χ2v) is 17.4. The first kappa shape index (κ1) is 41.7. The molecule has 0 bridgehead atoms. The Morgan fingerprint density at radius 1 is 0.929 bits per heavy atom. The summed E-state index contributed by atoms with van der Waals surface area (Å²) in [6.07, 6.45) is 2.12. The highest BCUT2D eigenvalue weighted by atomic mass is 16.7. The predicted octanol–water partition coefficient (Wildman–Crippen LogP) is 8.94. The Kier molecular flexibility index (Phi) is 12.2. The van der Waals surface area contributed by atoms with Gasteiger partial charge in [0.15, 0.2) is 0 Å². The summed E-state index contributed by atoms with van der Waals surface area (Å²) in [5.74, 6) is 1.02. The van der Waals surface area contributed by atoms with Gasteiger partial charge in [-0.3, -0.25) is 10.1 Å². The maximum atomic E-state index is 14.1. The molecule has 2 aromatic heterocycles. The lowest BCUT2D eigenvalue weighted by Gasteiger charge is -2.39. The molecule has 0 saturated heterocycles. The Bertz CT molecular complexity index is 1890. The van der Waals surface area contributed by atoms with E-state index in [1.165, 1.54) is 29.2 Å². The predicted molar refractivity (Wildman–Crippen MR) is 206 cm³/mol. The molecule has 0 aliphatic heterocycles. The first-order valence-electron chi connectivity index (χ1n) is 18.9. The van der Waals surface area contributed by atoms with Crippen LogP contribution in [-0.4, -0.2) is 67.5 Å². The molecule has 0 radical (unpaired) electrons. The zero-order valence-corrected chi connectivity index (χ0v) is 33.9. The lowest BCUT2D eigenvalue weighted by atomic mass is 9.77. The molecule has 2 heterocycles. The fourth-order valence-corrected chi connectivity index (χ4v) is 6.61. The number of nitro benzene ring substituents is 1. The zero-order valence-electron chi connectivity index (χ0n) is 33.9. The van der Waals surface area contributed by atoms with Crippen molar-refractivity contribution in [3.8, 4) is 11.6 Å². The summed E-state index contributed by atoms with van der Waals surface area (Å²) in [5.41, 5.74) is -0.881. The summed E-state index contributed by atoms with van der Waals surface area (Å²) in [4.78, 5) is 55.3. The van der Waals surface area contributed by atoms with Crippen LogP contribution < -0.4 is 19.7 Å². The molecule has 2 aliphatic carbocycles. The Morgan fingerprint density at radius 3 is 2.20 bits per heavy atom. The van der Waals surface area contributed by atoms with Crippen molar-refractivity contribution in [1.82, 2.24) is 20.1 Å². The second kappa shape index (κ2) is 16.4. The Hall–Kier alpha value is -5.41. The molecular formula is C40H54N6O10. The first-order chi connectivity index (χ1) is 26.0. The van der Waals surface area contributed by atoms with Gasteiger partial charge in [0.05, 0.1) is 21.8 Å². The van der Waals surface area contributed by atoms with Gasteiger partial charge < -0.3 is 29.0 Å². The van der Waals surface area contributed by atoms with E-state index in [4.69, 9.17) is 28.8 Å². The molecule has 2 amide bonds. The van der Waals surface area contributed by atoms with Crippen LogP contribution in [0.25, 0.3) is 0 Å². The summed E-state index contributed by atoms with van der Waals surface area (Å²) in [6, 6.07) is 10.4. The van der Waals surface area contributed by atoms with Crippen LogP contribution >= 0.6 is 0 Å². The number of pyridine rings is 1. The quantitative estimate of drug-likeness (QED) is 0.0678. The molecule has 1 N–H and O–H groups in total. The third-order valence-corrected chi connectivity index (χ3v) is 9.31. The lowest BCUT2D eigenvalue weighted by Crippen LogP contribution is -2.49. The van der Waals surface area contributed by atoms with Gasteiger partial charge in [-0.2, -0.15) is 5.10 Å². The van der Waals surface area contributed by atoms with Crippen molar-refractivity contribution in [3.05, 3.63) is 64.5 Å². The molecule has 3 aromatic rings. The Balaban J connectivity index is 1.32. The number of hydrogen-bond donors (Lipinski definition) is 1. The molecule has 16 nitrogen and oxygen atoms in total. The number of non-ortho nitro benzene ring substituents is 1. The molecule has 2 aliphatic rings. The smallest absolute Gasteiger partial charge is 0.474 e. The van der Waals surface area contributed by atoms with E-state index in [1.54, 1.807) is 43.8 Å². The van der Waals surface area contributed by atoms with Crippen LogP contribution in [0.15, 0.2) is 48.7 Å². The van der Waals surface area contributed by atoms with Crippen LogP contribution in [0, 0.1) is 16.0 Å². The van der Waals surface area contributed by atoms with E-state index in [0.717, 1.165) is 18.5 Å². The number of carbonyl (C=O) groups excluding carboxylic acids is 3. The topological polar surface area (TPSA) is 186 Å². The number of nitro groups is 1. The van der Waals surface area contributed by atoms with Crippen molar-refractivity contribution in [2.24, 2.45) is 5.92 Å². The van der Waals surface area contributed by atoms with Gasteiger partial charge in [-0.1, -0.05) is 0 Å². The fourth-order valence-electron chi connectivity index (χ4n) is 6.61. The minimum Gasteiger partial charge on any atom is -0.474 e. The summed E-state index contributed by atoms with van der Waals surface area (Å²) in [5, 5.41) is 18.9. The average Bonchev–Trinajstić information content (AvgIpc) is 3.69. The number of aromatic nitrogens is 3. The molecule has 1 aromatic carbocycles. The number of anilines is 2. The molecule has 304 valence electrons. The number of rotatable bonds is 10. The number of nitrogens with zero attached hydrogens (tertiary/aromatic N) is 5. The van der Waals surface area contributed by atoms with Crippen LogP contribution in [0.5, 0.6) is 11.6 Å². The van der Waals surface area contributed by atoms with Crippen LogP contribution in [-0.2, 0) is 19.7 Å². The Labute approximate surface area is 327 Å². The van der Waals surface area contributed by atoms with E-state index in [9.17, 15) is 24.5 Å². The average molecular weight is 779 g/mol. The van der Waals surface area contributed by atoms with Crippen molar-refractivity contribution in [3.63, 3.8) is 0 Å². The number of nitrogens with one attached hydrogen (secondary N) is 1. The summed E-state index contributed by atoms with van der Waals surface area (Å²) >= 11 is 0. The number of alkyl carbamates (subject to hydrolysis) is 1. The maximum absolute atomic E-state index is 14.1. The number of ether oxygens (including phenoxy) is 5. The van der Waals surface area contributed by atoms with Crippen LogP contribution in [0.1, 0.15) is 113 Å². The van der Waals surface area contributed by atoms with E-state index in [1.807, 2.05) is 54.5 Å². The molecule has 3 atom stereocenters. The third kappa shape index (κ3) is 11.1. The minimum atomic E-state index is -0.902. The van der Waals surface area contributed by atoms with E-state index in [2.05, 4.69) is 10.3 Å². The van der Waals surface area contributed by atoms with Crippen LogP contribution in [0.4, 0.5) is 31.6 Å². The minimum absolute atomic E-state index is 0.00677. The van der Waals surface area contributed by atoms with Crippen molar-refractivity contribution < 1.29 is 43.0 Å². The van der Waals surface area contributed by atoms with Crippen molar-refractivity contribution in [2.75, 3.05) is 4.90 Å². The van der Waals surface area contributed by atoms with E-state index in [0.29, 0.717) is 36.6 Å². The third-order valence-electron chi connectivity index (χ3n) is 9.31. The monoisotopic (exact) mass is 778 g/mol. The van der Waals surface area contributed by atoms with Gasteiger partial charge in [-0.25, -0.2) is 28.9 Å². The van der Waals surface area contributed by atoms with Gasteiger partial charge in [-0.05, 0) is 125 Å². The van der Waals surface area contributed by atoms with E-state index in [-0.39, 0.29) is 35.4 Å². The second-order valence-electron chi connectivity index (χ2n) is 17.4. The highest BCUT2D eigenvalue weighted by Gasteiger charge is 2.38. The molecule has 56 heavy (non-hydrogen) atoms. The maximum Gasteiger partial charge on any atom is 0.514 e. The number of hydrogen-bond acceptors (Lipinski definition) is 12. The highest BCUT2D eigenvalue weighted by molar-refractivity contribution is 5.95. The van der Waals surface area contributed by atoms with Crippen LogP contribution in [0.2, 0.25) is 0 Å².